The van der Waals surface area contributed by atoms with E-state index in [1.54, 1.807) is 0 Å². The van der Waals surface area contributed by atoms with Crippen molar-refractivity contribution in [2.45, 2.75) is 25.1 Å². The zero-order valence-corrected chi connectivity index (χ0v) is 11.9. The summed E-state index contributed by atoms with van der Waals surface area (Å²) < 4.78 is 2.64. The van der Waals surface area contributed by atoms with E-state index in [1.165, 1.54) is 0 Å². The molecule has 0 aromatic carbocycles. The first-order valence-corrected chi connectivity index (χ1v) is 6.74. The Morgan fingerprint density at radius 1 is 1.53 bits per heavy atom. The fourth-order valence-electron chi connectivity index (χ4n) is 1.30. The molecule has 0 aliphatic rings. The molecule has 0 fully saturated rings. The maximum absolute atomic E-state index is 3.99. The van der Waals surface area contributed by atoms with Crippen LogP contribution in [0.1, 0.15) is 25.6 Å². The van der Waals surface area contributed by atoms with Crippen LogP contribution in [0.25, 0.3) is 0 Å². The second-order valence-electron chi connectivity index (χ2n) is 3.61. The molecule has 0 saturated heterocycles. The van der Waals surface area contributed by atoms with Gasteiger partial charge in [-0.3, -0.25) is 0 Å². The predicted molar refractivity (Wildman–Crippen MR) is 68.1 cm³/mol. The van der Waals surface area contributed by atoms with Crippen molar-refractivity contribution in [3.05, 3.63) is 10.3 Å². The number of thioether (sulfide) groups is 1. The van der Waals surface area contributed by atoms with Crippen LogP contribution in [0.2, 0.25) is 0 Å². The quantitative estimate of drug-likeness (QED) is 0.901. The molecule has 0 aliphatic heterocycles. The van der Waals surface area contributed by atoms with Gasteiger partial charge in [0.15, 0.2) is 4.60 Å². The maximum Gasteiger partial charge on any atom is 0.153 e. The zero-order valence-electron chi connectivity index (χ0n) is 9.49. The number of nitrogens with zero attached hydrogens (tertiary/aromatic N) is 3. The van der Waals surface area contributed by atoms with Crippen LogP contribution >= 0.6 is 27.7 Å². The van der Waals surface area contributed by atoms with Gasteiger partial charge in [0, 0.05) is 12.8 Å². The summed E-state index contributed by atoms with van der Waals surface area (Å²) in [5, 5.41) is 11.9. The van der Waals surface area contributed by atoms with Crippen molar-refractivity contribution in [2.75, 3.05) is 12.8 Å². The van der Waals surface area contributed by atoms with E-state index in [-0.39, 0.29) is 6.04 Å². The Hall–Kier alpha value is -0.0700. The Balaban J connectivity index is 2.74. The van der Waals surface area contributed by atoms with Gasteiger partial charge < -0.3 is 5.32 Å². The molecule has 1 aromatic rings. The molecule has 1 unspecified atom stereocenters. The Morgan fingerprint density at radius 3 is 2.60 bits per heavy atom. The minimum atomic E-state index is 0.284. The molecule has 0 saturated carbocycles. The summed E-state index contributed by atoms with van der Waals surface area (Å²) in [4.78, 5) is 0. The monoisotopic (exact) mass is 292 g/mol. The average Bonchev–Trinajstić information content (AvgIpc) is 2.49. The molecule has 1 rings (SSSR count). The molecular formula is C9H17BrN4S. The van der Waals surface area contributed by atoms with Gasteiger partial charge in [0.2, 0.25) is 0 Å². The number of hydrogen-bond donors (Lipinski definition) is 1. The van der Waals surface area contributed by atoms with Crippen molar-refractivity contribution >= 4 is 27.7 Å². The van der Waals surface area contributed by atoms with Crippen LogP contribution in [0.3, 0.4) is 0 Å². The fraction of sp³-hybridized carbons (Fsp3) is 0.778. The molecule has 1 atom stereocenters. The molecule has 15 heavy (non-hydrogen) atoms. The minimum Gasteiger partial charge on any atom is -0.311 e. The van der Waals surface area contributed by atoms with Gasteiger partial charge in [0.25, 0.3) is 0 Å². The van der Waals surface area contributed by atoms with Crippen LogP contribution < -0.4 is 5.32 Å². The zero-order chi connectivity index (χ0) is 11.4. The number of nitrogens with one attached hydrogen (secondary N) is 1. The van der Waals surface area contributed by atoms with Gasteiger partial charge in [-0.15, -0.1) is 5.10 Å². The van der Waals surface area contributed by atoms with Crippen LogP contribution in [0, 0.1) is 0 Å². The van der Waals surface area contributed by atoms with E-state index in [2.05, 4.69) is 45.4 Å². The molecule has 0 amide bonds. The van der Waals surface area contributed by atoms with Crippen LogP contribution in [-0.2, 0) is 7.05 Å². The van der Waals surface area contributed by atoms with Crippen LogP contribution in [0.15, 0.2) is 4.60 Å². The lowest BCUT2D eigenvalue weighted by Gasteiger charge is -2.17. The Labute approximate surface area is 103 Å². The smallest absolute Gasteiger partial charge is 0.153 e. The number of halogens is 1. The predicted octanol–water partition coefficient (Wildman–Crippen LogP) is 1.98. The molecule has 86 valence electrons. The van der Waals surface area contributed by atoms with E-state index in [9.17, 15) is 0 Å². The van der Waals surface area contributed by atoms with Crippen LogP contribution in [-0.4, -0.2) is 33.0 Å². The number of aromatic nitrogens is 3. The van der Waals surface area contributed by atoms with E-state index < -0.39 is 0 Å². The standard InChI is InChI=1S/C9H17BrN4S/c1-6(2)15-5-7(11-3)8-9(10)12-13-14(8)4/h6-7,11H,5H2,1-4H3. The van der Waals surface area contributed by atoms with E-state index in [0.29, 0.717) is 5.25 Å². The summed E-state index contributed by atoms with van der Waals surface area (Å²) in [6.07, 6.45) is 0. The second kappa shape index (κ2) is 5.86. The van der Waals surface area contributed by atoms with Crippen molar-refractivity contribution in [3.63, 3.8) is 0 Å². The first kappa shape index (κ1) is 13.0. The molecule has 0 spiro atoms. The van der Waals surface area contributed by atoms with Gasteiger partial charge in [-0.1, -0.05) is 19.1 Å². The summed E-state index contributed by atoms with van der Waals surface area (Å²) >= 11 is 5.35. The van der Waals surface area contributed by atoms with Gasteiger partial charge in [-0.05, 0) is 28.2 Å². The van der Waals surface area contributed by atoms with E-state index in [4.69, 9.17) is 0 Å². The third-order valence-electron chi connectivity index (χ3n) is 2.10. The highest BCUT2D eigenvalue weighted by atomic mass is 79.9. The lowest BCUT2D eigenvalue weighted by Crippen LogP contribution is -2.22. The Bertz CT molecular complexity index is 294. The first-order valence-electron chi connectivity index (χ1n) is 4.90. The first-order chi connectivity index (χ1) is 7.06. The highest BCUT2D eigenvalue weighted by Gasteiger charge is 2.18. The molecule has 0 radical (unpaired) electrons. The number of hydrogen-bond acceptors (Lipinski definition) is 4. The summed E-state index contributed by atoms with van der Waals surface area (Å²) in [5.41, 5.74) is 1.10. The summed E-state index contributed by atoms with van der Waals surface area (Å²) in [6, 6.07) is 0.284. The van der Waals surface area contributed by atoms with Gasteiger partial charge in [-0.25, -0.2) is 4.68 Å². The number of rotatable bonds is 5. The average molecular weight is 293 g/mol. The van der Waals surface area contributed by atoms with E-state index in [0.717, 1.165) is 16.0 Å². The lowest BCUT2D eigenvalue weighted by molar-refractivity contribution is 0.578. The largest absolute Gasteiger partial charge is 0.311 e. The van der Waals surface area contributed by atoms with Crippen molar-refractivity contribution in [1.29, 1.82) is 0 Å². The SMILES string of the molecule is CNC(CSC(C)C)c1c(Br)nnn1C. The van der Waals surface area contributed by atoms with Gasteiger partial charge in [0.1, 0.15) is 0 Å². The molecule has 1 heterocycles. The van der Waals surface area contributed by atoms with Gasteiger partial charge >= 0.3 is 0 Å². The number of aryl methyl sites for hydroxylation is 1. The van der Waals surface area contributed by atoms with E-state index in [1.807, 2.05) is 30.5 Å². The van der Waals surface area contributed by atoms with Crippen molar-refractivity contribution < 1.29 is 0 Å². The molecular weight excluding hydrogens is 276 g/mol. The summed E-state index contributed by atoms with van der Waals surface area (Å²) in [5.74, 6) is 1.02. The third-order valence-corrected chi connectivity index (χ3v) is 3.86. The molecule has 1 aromatic heterocycles. The minimum absolute atomic E-state index is 0.284. The maximum atomic E-state index is 3.99. The third kappa shape index (κ3) is 3.46. The van der Waals surface area contributed by atoms with Crippen molar-refractivity contribution in [3.8, 4) is 0 Å². The molecule has 1 N–H and O–H groups in total. The molecule has 0 aliphatic carbocycles. The van der Waals surface area contributed by atoms with Crippen molar-refractivity contribution in [2.24, 2.45) is 7.05 Å². The highest BCUT2D eigenvalue weighted by Crippen LogP contribution is 2.24. The molecule has 0 bridgehead atoms. The molecule has 4 nitrogen and oxygen atoms in total. The second-order valence-corrected chi connectivity index (χ2v) is 5.97. The molecule has 6 heteroatoms. The van der Waals surface area contributed by atoms with Gasteiger partial charge in [0.05, 0.1) is 11.7 Å². The fourth-order valence-corrected chi connectivity index (χ4v) is 2.80. The van der Waals surface area contributed by atoms with Crippen LogP contribution in [0.4, 0.5) is 0 Å². The Kier molecular flexibility index (Phi) is 5.08. The van der Waals surface area contributed by atoms with E-state index >= 15 is 0 Å². The summed E-state index contributed by atoms with van der Waals surface area (Å²) in [7, 11) is 3.88. The topological polar surface area (TPSA) is 42.7 Å². The Morgan fingerprint density at radius 2 is 2.20 bits per heavy atom. The normalized spacial score (nSPS) is 13.5. The lowest BCUT2D eigenvalue weighted by atomic mass is 10.2. The van der Waals surface area contributed by atoms with Crippen LogP contribution in [0.5, 0.6) is 0 Å². The van der Waals surface area contributed by atoms with Gasteiger partial charge in [-0.2, -0.15) is 11.8 Å². The van der Waals surface area contributed by atoms with Crippen molar-refractivity contribution in [1.82, 2.24) is 20.3 Å². The summed E-state index contributed by atoms with van der Waals surface area (Å²) in [6.45, 7) is 4.40. The highest BCUT2D eigenvalue weighted by molar-refractivity contribution is 9.10.